The molecule has 2 rings (SSSR count). The molecule has 4 nitrogen and oxygen atoms in total. The van der Waals surface area contributed by atoms with Crippen molar-refractivity contribution in [3.63, 3.8) is 0 Å². The molecule has 26 heavy (non-hydrogen) atoms. The Morgan fingerprint density at radius 3 is 2.19 bits per heavy atom. The molecule has 0 bridgehead atoms. The van der Waals surface area contributed by atoms with Crippen molar-refractivity contribution in [3.05, 3.63) is 46.5 Å². The van der Waals surface area contributed by atoms with E-state index in [4.69, 9.17) is 4.74 Å². The molecular weight excluding hydrogens is 356 g/mol. The predicted molar refractivity (Wildman–Crippen MR) is 82.6 cm³/mol. The Hall–Kier alpha value is -2.38. The zero-order valence-corrected chi connectivity index (χ0v) is 14.7. The van der Waals surface area contributed by atoms with Crippen molar-refractivity contribution >= 4 is 11.9 Å². The largest absolute Gasteiger partial charge is 0.466 e. The average molecular weight is 374 g/mol. The summed E-state index contributed by atoms with van der Waals surface area (Å²) >= 11 is 0. The molecule has 1 aliphatic rings. The molecule has 8 heteroatoms. The van der Waals surface area contributed by atoms with Crippen LogP contribution in [0.25, 0.3) is 0 Å². The van der Waals surface area contributed by atoms with Gasteiger partial charge in [0, 0.05) is 11.6 Å². The van der Waals surface area contributed by atoms with Gasteiger partial charge in [-0.05, 0) is 18.3 Å². The molecule has 0 spiro atoms. The number of carbonyl (C=O) groups is 2. The standard InChI is InChI=1S/C18H18F4O4/c1-8(16(23)25-4)5-10-13(18(10,2)3)17(24)26-7-9-14(21)11(19)6-12(20)15(9)22/h5-6,10,13H,7H2,1-4H3/b8-5+/t10-,13-/m0/s1. The smallest absolute Gasteiger partial charge is 0.333 e. The number of halogens is 4. The first-order valence-corrected chi connectivity index (χ1v) is 7.77. The summed E-state index contributed by atoms with van der Waals surface area (Å²) in [7, 11) is 1.23. The number of hydrogen-bond donors (Lipinski definition) is 0. The van der Waals surface area contributed by atoms with Gasteiger partial charge in [0.1, 0.15) is 6.61 Å². The highest BCUT2D eigenvalue weighted by atomic mass is 19.2. The van der Waals surface area contributed by atoms with E-state index in [1.165, 1.54) is 14.0 Å². The minimum absolute atomic E-state index is 0.0798. The Labute approximate surface area is 147 Å². The molecule has 0 radical (unpaired) electrons. The Balaban J connectivity index is 2.11. The molecule has 0 aliphatic heterocycles. The lowest BCUT2D eigenvalue weighted by Crippen LogP contribution is -2.13. The van der Waals surface area contributed by atoms with Gasteiger partial charge >= 0.3 is 11.9 Å². The third-order valence-electron chi connectivity index (χ3n) is 4.66. The van der Waals surface area contributed by atoms with Gasteiger partial charge in [-0.15, -0.1) is 0 Å². The summed E-state index contributed by atoms with van der Waals surface area (Å²) in [6, 6.07) is 0.0798. The van der Waals surface area contributed by atoms with Gasteiger partial charge in [0.2, 0.25) is 0 Å². The molecule has 0 aromatic heterocycles. The number of rotatable bonds is 5. The number of benzene rings is 1. The van der Waals surface area contributed by atoms with Crippen molar-refractivity contribution in [2.75, 3.05) is 7.11 Å². The van der Waals surface area contributed by atoms with Gasteiger partial charge in [0.05, 0.1) is 18.6 Å². The van der Waals surface area contributed by atoms with Crippen LogP contribution in [0.5, 0.6) is 0 Å². The molecule has 0 N–H and O–H groups in total. The van der Waals surface area contributed by atoms with Crippen LogP contribution in [0.15, 0.2) is 17.7 Å². The van der Waals surface area contributed by atoms with Crippen molar-refractivity contribution in [3.8, 4) is 0 Å². The van der Waals surface area contributed by atoms with Crippen LogP contribution in [0, 0.1) is 40.5 Å². The number of methoxy groups -OCH3 is 1. The second-order valence-electron chi connectivity index (χ2n) is 6.72. The molecule has 1 fully saturated rings. The second kappa shape index (κ2) is 7.09. The van der Waals surface area contributed by atoms with Crippen molar-refractivity contribution in [1.82, 2.24) is 0 Å². The van der Waals surface area contributed by atoms with E-state index in [2.05, 4.69) is 4.74 Å². The van der Waals surface area contributed by atoms with Crippen LogP contribution in [-0.4, -0.2) is 19.0 Å². The van der Waals surface area contributed by atoms with Gasteiger partial charge in [-0.1, -0.05) is 19.9 Å². The molecule has 142 valence electrons. The van der Waals surface area contributed by atoms with Crippen LogP contribution in [0.3, 0.4) is 0 Å². The Morgan fingerprint density at radius 2 is 1.69 bits per heavy atom. The minimum atomic E-state index is -1.61. The van der Waals surface area contributed by atoms with Crippen LogP contribution in [0.1, 0.15) is 26.3 Å². The lowest BCUT2D eigenvalue weighted by Gasteiger charge is -2.09. The van der Waals surface area contributed by atoms with Crippen molar-refractivity contribution in [1.29, 1.82) is 0 Å². The fourth-order valence-electron chi connectivity index (χ4n) is 2.92. The van der Waals surface area contributed by atoms with Gasteiger partial charge in [0.15, 0.2) is 23.3 Å². The van der Waals surface area contributed by atoms with E-state index in [1.54, 1.807) is 19.9 Å². The quantitative estimate of drug-likeness (QED) is 0.342. The molecule has 0 unspecified atom stereocenters. The van der Waals surface area contributed by atoms with Crippen LogP contribution < -0.4 is 0 Å². The van der Waals surface area contributed by atoms with Gasteiger partial charge in [-0.3, -0.25) is 4.79 Å². The summed E-state index contributed by atoms with van der Waals surface area (Å²) in [6.07, 6.45) is 1.57. The maximum absolute atomic E-state index is 13.6. The van der Waals surface area contributed by atoms with Crippen molar-refractivity contribution in [2.24, 2.45) is 17.3 Å². The third kappa shape index (κ3) is 3.59. The summed E-state index contributed by atoms with van der Waals surface area (Å²) in [5, 5.41) is 0. The van der Waals surface area contributed by atoms with E-state index in [0.29, 0.717) is 5.57 Å². The Morgan fingerprint density at radius 1 is 1.15 bits per heavy atom. The first-order chi connectivity index (χ1) is 12.0. The van der Waals surface area contributed by atoms with E-state index >= 15 is 0 Å². The van der Waals surface area contributed by atoms with Crippen LogP contribution in [-0.2, 0) is 25.7 Å². The average Bonchev–Trinajstić information content (AvgIpc) is 3.12. The lowest BCUT2D eigenvalue weighted by atomic mass is 10.1. The first kappa shape index (κ1) is 19.9. The minimum Gasteiger partial charge on any atom is -0.466 e. The monoisotopic (exact) mass is 374 g/mol. The number of ether oxygens (including phenoxy) is 2. The topological polar surface area (TPSA) is 52.6 Å². The fraction of sp³-hybridized carbons (Fsp3) is 0.444. The molecule has 0 saturated heterocycles. The maximum Gasteiger partial charge on any atom is 0.333 e. The van der Waals surface area contributed by atoms with Gasteiger partial charge in [-0.2, -0.15) is 0 Å². The van der Waals surface area contributed by atoms with Gasteiger partial charge in [-0.25, -0.2) is 22.4 Å². The molecule has 1 aromatic rings. The molecule has 0 heterocycles. The molecule has 2 atom stereocenters. The summed E-state index contributed by atoms with van der Waals surface area (Å²) < 4.78 is 63.0. The number of hydrogen-bond acceptors (Lipinski definition) is 4. The molecule has 1 saturated carbocycles. The molecule has 0 amide bonds. The summed E-state index contributed by atoms with van der Waals surface area (Å²) in [4.78, 5) is 23.7. The molecular formula is C18H18F4O4. The Bertz CT molecular complexity index is 760. The maximum atomic E-state index is 13.6. The summed E-state index contributed by atoms with van der Waals surface area (Å²) in [5.74, 6) is -8.68. The van der Waals surface area contributed by atoms with E-state index < -0.39 is 58.7 Å². The SMILES string of the molecule is COC(=O)/C(C)=C/[C@H]1[C@@H](C(=O)OCc2c(F)c(F)cc(F)c2F)C1(C)C. The van der Waals surface area contributed by atoms with E-state index in [9.17, 15) is 27.2 Å². The van der Waals surface area contributed by atoms with Crippen LogP contribution >= 0.6 is 0 Å². The zero-order valence-electron chi connectivity index (χ0n) is 14.7. The van der Waals surface area contributed by atoms with Crippen molar-refractivity contribution < 1.29 is 36.6 Å². The van der Waals surface area contributed by atoms with E-state index in [-0.39, 0.29) is 12.0 Å². The third-order valence-corrected chi connectivity index (χ3v) is 4.66. The summed E-state index contributed by atoms with van der Waals surface area (Å²) in [5.41, 5.74) is -1.23. The lowest BCUT2D eigenvalue weighted by molar-refractivity contribution is -0.147. The number of carbonyl (C=O) groups excluding carboxylic acids is 2. The number of allylic oxidation sites excluding steroid dienone is 1. The first-order valence-electron chi connectivity index (χ1n) is 7.77. The second-order valence-corrected chi connectivity index (χ2v) is 6.72. The highest BCUT2D eigenvalue weighted by Crippen LogP contribution is 2.59. The highest BCUT2D eigenvalue weighted by molar-refractivity contribution is 5.88. The van der Waals surface area contributed by atoms with E-state index in [0.717, 1.165) is 0 Å². The zero-order chi connectivity index (χ0) is 19.8. The normalized spacial score (nSPS) is 21.3. The summed E-state index contributed by atoms with van der Waals surface area (Å²) in [6.45, 7) is 4.11. The molecule has 1 aromatic carbocycles. The highest BCUT2D eigenvalue weighted by Gasteiger charge is 2.61. The van der Waals surface area contributed by atoms with Gasteiger partial charge < -0.3 is 9.47 Å². The molecule has 1 aliphatic carbocycles. The van der Waals surface area contributed by atoms with Crippen LogP contribution in [0.4, 0.5) is 17.6 Å². The number of esters is 2. The van der Waals surface area contributed by atoms with Gasteiger partial charge in [0.25, 0.3) is 0 Å². The van der Waals surface area contributed by atoms with Crippen molar-refractivity contribution in [2.45, 2.75) is 27.4 Å². The van der Waals surface area contributed by atoms with E-state index in [1.807, 2.05) is 0 Å². The fourth-order valence-corrected chi connectivity index (χ4v) is 2.92. The van der Waals surface area contributed by atoms with Crippen LogP contribution in [0.2, 0.25) is 0 Å². The predicted octanol–water partition coefficient (Wildman–Crippen LogP) is 3.68. The Kier molecular flexibility index (Phi) is 5.44.